The number of nitrogens with one attached hydrogen (secondary N) is 1. The number of rotatable bonds is 4. The van der Waals surface area contributed by atoms with E-state index >= 15 is 0 Å². The highest BCUT2D eigenvalue weighted by Gasteiger charge is 2.16. The number of hydrogen-bond acceptors (Lipinski definition) is 3. The van der Waals surface area contributed by atoms with Crippen molar-refractivity contribution in [2.75, 3.05) is 6.61 Å². The highest BCUT2D eigenvalue weighted by molar-refractivity contribution is 6.03. The van der Waals surface area contributed by atoms with E-state index in [1.54, 1.807) is 18.2 Å². The Morgan fingerprint density at radius 2 is 2.00 bits per heavy atom. The minimum Gasteiger partial charge on any atom is -0.506 e. The summed E-state index contributed by atoms with van der Waals surface area (Å²) in [5.41, 5.74) is 0.227. The van der Waals surface area contributed by atoms with Crippen LogP contribution in [0, 0.1) is 0 Å². The van der Waals surface area contributed by atoms with Gasteiger partial charge in [-0.15, -0.1) is 0 Å². The molecule has 0 aliphatic rings. The number of amides is 1. The van der Waals surface area contributed by atoms with Crippen molar-refractivity contribution >= 4 is 16.7 Å². The Balaban J connectivity index is 2.35. The molecule has 1 atom stereocenters. The van der Waals surface area contributed by atoms with Gasteiger partial charge in [-0.25, -0.2) is 0 Å². The second-order valence-electron chi connectivity index (χ2n) is 4.44. The second-order valence-corrected chi connectivity index (χ2v) is 4.44. The molecule has 0 saturated heterocycles. The first-order valence-electron chi connectivity index (χ1n) is 6.29. The predicted octanol–water partition coefficient (Wildman–Crippen LogP) is 2.05. The number of carbonyl (C=O) groups excluding carboxylic acids is 1. The molecule has 2 aromatic carbocycles. The van der Waals surface area contributed by atoms with Crippen LogP contribution in [-0.2, 0) is 0 Å². The van der Waals surface area contributed by atoms with Crippen LogP contribution in [0.1, 0.15) is 23.7 Å². The van der Waals surface area contributed by atoms with Crippen LogP contribution in [0.3, 0.4) is 0 Å². The molecule has 4 heteroatoms. The molecule has 100 valence electrons. The van der Waals surface area contributed by atoms with E-state index in [0.29, 0.717) is 11.8 Å². The lowest BCUT2D eigenvalue weighted by Crippen LogP contribution is -2.36. The minimum absolute atomic E-state index is 0.0246. The summed E-state index contributed by atoms with van der Waals surface area (Å²) in [5, 5.41) is 23.5. The van der Waals surface area contributed by atoms with Crippen LogP contribution in [0.15, 0.2) is 36.4 Å². The molecule has 0 fully saturated rings. The van der Waals surface area contributed by atoms with Crippen molar-refractivity contribution in [1.82, 2.24) is 5.32 Å². The van der Waals surface area contributed by atoms with Gasteiger partial charge in [0.1, 0.15) is 5.75 Å². The number of aliphatic hydroxyl groups is 1. The third kappa shape index (κ3) is 2.69. The van der Waals surface area contributed by atoms with Crippen molar-refractivity contribution in [3.8, 4) is 5.75 Å². The van der Waals surface area contributed by atoms with Crippen LogP contribution < -0.4 is 5.32 Å². The number of aromatic hydroxyl groups is 1. The van der Waals surface area contributed by atoms with Crippen molar-refractivity contribution in [3.05, 3.63) is 42.0 Å². The topological polar surface area (TPSA) is 69.6 Å². The largest absolute Gasteiger partial charge is 0.506 e. The summed E-state index contributed by atoms with van der Waals surface area (Å²) in [4.78, 5) is 12.1. The van der Waals surface area contributed by atoms with Crippen molar-refractivity contribution in [1.29, 1.82) is 0 Å². The van der Waals surface area contributed by atoms with Crippen LogP contribution >= 0.6 is 0 Å². The fourth-order valence-electron chi connectivity index (χ4n) is 1.98. The maximum Gasteiger partial charge on any atom is 0.255 e. The molecule has 2 aromatic rings. The van der Waals surface area contributed by atoms with Gasteiger partial charge in [0.2, 0.25) is 0 Å². The number of phenolic OH excluding ortho intramolecular Hbond substituents is 1. The van der Waals surface area contributed by atoms with Gasteiger partial charge < -0.3 is 15.5 Å². The SMILES string of the molecule is CC[C@H](CO)NC(=O)c1ccc2ccccc2c1O. The zero-order valence-corrected chi connectivity index (χ0v) is 10.8. The van der Waals surface area contributed by atoms with Gasteiger partial charge in [-0.2, -0.15) is 0 Å². The van der Waals surface area contributed by atoms with E-state index in [1.807, 2.05) is 25.1 Å². The first kappa shape index (κ1) is 13.4. The zero-order chi connectivity index (χ0) is 13.8. The molecule has 1 amide bonds. The molecular formula is C15H17NO3. The van der Waals surface area contributed by atoms with Gasteiger partial charge in [-0.3, -0.25) is 4.79 Å². The normalized spacial score (nSPS) is 12.3. The second kappa shape index (κ2) is 5.71. The summed E-state index contributed by atoms with van der Waals surface area (Å²) in [6.07, 6.45) is 0.635. The zero-order valence-electron chi connectivity index (χ0n) is 10.8. The quantitative estimate of drug-likeness (QED) is 0.787. The van der Waals surface area contributed by atoms with Gasteiger partial charge in [0.15, 0.2) is 0 Å². The Bertz CT molecular complexity index is 591. The molecule has 0 bridgehead atoms. The highest BCUT2D eigenvalue weighted by atomic mass is 16.3. The average Bonchev–Trinajstić information content (AvgIpc) is 2.45. The van der Waals surface area contributed by atoms with Crippen LogP contribution in [0.4, 0.5) is 0 Å². The Kier molecular flexibility index (Phi) is 4.02. The van der Waals surface area contributed by atoms with Gasteiger partial charge in [0.05, 0.1) is 18.2 Å². The number of hydrogen-bond donors (Lipinski definition) is 3. The summed E-state index contributed by atoms with van der Waals surface area (Å²) in [6, 6.07) is 10.4. The fourth-order valence-corrected chi connectivity index (χ4v) is 1.98. The predicted molar refractivity (Wildman–Crippen MR) is 74.2 cm³/mol. The lowest BCUT2D eigenvalue weighted by atomic mass is 10.0. The van der Waals surface area contributed by atoms with Crippen molar-refractivity contribution in [3.63, 3.8) is 0 Å². The molecule has 0 unspecified atom stereocenters. The minimum atomic E-state index is -0.371. The summed E-state index contributed by atoms with van der Waals surface area (Å²) < 4.78 is 0. The summed E-state index contributed by atoms with van der Waals surface area (Å²) in [7, 11) is 0. The smallest absolute Gasteiger partial charge is 0.255 e. The van der Waals surface area contributed by atoms with Gasteiger partial charge in [-0.1, -0.05) is 37.3 Å². The maximum atomic E-state index is 12.1. The molecule has 0 aliphatic heterocycles. The van der Waals surface area contributed by atoms with Crippen molar-refractivity contribution in [2.45, 2.75) is 19.4 Å². The van der Waals surface area contributed by atoms with Gasteiger partial charge in [0.25, 0.3) is 5.91 Å². The van der Waals surface area contributed by atoms with E-state index in [2.05, 4.69) is 5.32 Å². The molecule has 2 rings (SSSR count). The lowest BCUT2D eigenvalue weighted by Gasteiger charge is -2.15. The van der Waals surface area contributed by atoms with Crippen LogP contribution in [0.25, 0.3) is 10.8 Å². The number of phenols is 1. The fraction of sp³-hybridized carbons (Fsp3) is 0.267. The van der Waals surface area contributed by atoms with Gasteiger partial charge in [0, 0.05) is 5.39 Å². The summed E-state index contributed by atoms with van der Waals surface area (Å²) in [5.74, 6) is -0.396. The molecule has 0 heterocycles. The first-order valence-corrected chi connectivity index (χ1v) is 6.29. The molecule has 0 aliphatic carbocycles. The molecule has 4 nitrogen and oxygen atoms in total. The molecule has 19 heavy (non-hydrogen) atoms. The molecule has 0 radical (unpaired) electrons. The average molecular weight is 259 g/mol. The number of fused-ring (bicyclic) bond motifs is 1. The highest BCUT2D eigenvalue weighted by Crippen LogP contribution is 2.28. The van der Waals surface area contributed by atoms with Crippen LogP contribution in [0.5, 0.6) is 5.75 Å². The third-order valence-electron chi connectivity index (χ3n) is 3.19. The molecule has 3 N–H and O–H groups in total. The van der Waals surface area contributed by atoms with E-state index in [4.69, 9.17) is 5.11 Å². The maximum absolute atomic E-state index is 12.1. The number of benzene rings is 2. The van der Waals surface area contributed by atoms with E-state index in [1.165, 1.54) is 0 Å². The lowest BCUT2D eigenvalue weighted by molar-refractivity contribution is 0.0912. The molecular weight excluding hydrogens is 242 g/mol. The van der Waals surface area contributed by atoms with Gasteiger partial charge in [-0.05, 0) is 17.9 Å². The van der Waals surface area contributed by atoms with E-state index < -0.39 is 0 Å². The van der Waals surface area contributed by atoms with Crippen molar-refractivity contribution in [2.24, 2.45) is 0 Å². The van der Waals surface area contributed by atoms with Crippen LogP contribution in [-0.4, -0.2) is 28.8 Å². The molecule has 0 spiro atoms. The standard InChI is InChI=1S/C15H17NO3/c1-2-11(9-17)16-15(19)13-8-7-10-5-3-4-6-12(10)14(13)18/h3-8,11,17-18H,2,9H2,1H3,(H,16,19)/t11-/m1/s1. The summed E-state index contributed by atoms with van der Waals surface area (Å²) >= 11 is 0. The first-order chi connectivity index (χ1) is 9.17. The Labute approximate surface area is 111 Å². The molecule has 0 saturated carbocycles. The van der Waals surface area contributed by atoms with Crippen molar-refractivity contribution < 1.29 is 15.0 Å². The Morgan fingerprint density at radius 3 is 2.68 bits per heavy atom. The van der Waals surface area contributed by atoms with Crippen LogP contribution in [0.2, 0.25) is 0 Å². The molecule has 0 aromatic heterocycles. The van der Waals surface area contributed by atoms with E-state index in [0.717, 1.165) is 5.39 Å². The summed E-state index contributed by atoms with van der Waals surface area (Å²) in [6.45, 7) is 1.76. The number of carbonyl (C=O) groups is 1. The van der Waals surface area contributed by atoms with Gasteiger partial charge >= 0.3 is 0 Å². The third-order valence-corrected chi connectivity index (χ3v) is 3.19. The van der Waals surface area contributed by atoms with E-state index in [9.17, 15) is 9.90 Å². The van der Waals surface area contributed by atoms with E-state index in [-0.39, 0.29) is 29.9 Å². The Morgan fingerprint density at radius 1 is 1.26 bits per heavy atom. The Hall–Kier alpha value is -2.07. The monoisotopic (exact) mass is 259 g/mol. The number of aliphatic hydroxyl groups excluding tert-OH is 1.